The third kappa shape index (κ3) is 0.969. The first-order valence-corrected chi connectivity index (χ1v) is 5.34. The van der Waals surface area contributed by atoms with Gasteiger partial charge in [0.1, 0.15) is 5.76 Å². The lowest BCUT2D eigenvalue weighted by atomic mass is 9.94. The van der Waals surface area contributed by atoms with Crippen molar-refractivity contribution in [1.29, 1.82) is 0 Å². The van der Waals surface area contributed by atoms with Crippen LogP contribution >= 0.6 is 0 Å². The normalized spacial score (nSPS) is 34.6. The van der Waals surface area contributed by atoms with Gasteiger partial charge in [-0.15, -0.1) is 0 Å². The minimum atomic E-state index is 0.428. The topological polar surface area (TPSA) is 23.5 Å². The molecule has 0 aromatic heterocycles. The summed E-state index contributed by atoms with van der Waals surface area (Å²) in [5.41, 5.74) is 2.90. The van der Waals surface area contributed by atoms with Crippen molar-refractivity contribution in [2.75, 3.05) is 6.54 Å². The minimum absolute atomic E-state index is 0.428. The van der Waals surface area contributed by atoms with E-state index >= 15 is 0 Å². The van der Waals surface area contributed by atoms with Gasteiger partial charge in [0.05, 0.1) is 0 Å². The third-order valence-electron chi connectivity index (χ3n) is 3.63. The quantitative estimate of drug-likeness (QED) is 0.632. The average molecular weight is 189 g/mol. The monoisotopic (exact) mass is 189 g/mol. The van der Waals surface area contributed by atoms with Crippen LogP contribution < -0.4 is 0 Å². The first kappa shape index (κ1) is 8.16. The molecule has 2 nitrogen and oxygen atoms in total. The maximum absolute atomic E-state index is 9.53. The fraction of sp³-hybridized carbons (Fsp3) is 0.500. The van der Waals surface area contributed by atoms with Gasteiger partial charge in [-0.3, -0.25) is 0 Å². The molecular weight excluding hydrogens is 174 g/mol. The predicted molar refractivity (Wildman–Crippen MR) is 55.8 cm³/mol. The molecule has 0 saturated carbocycles. The first-order valence-electron chi connectivity index (χ1n) is 5.34. The summed E-state index contributed by atoms with van der Waals surface area (Å²) in [6.45, 7) is 3.36. The highest BCUT2D eigenvalue weighted by Gasteiger charge is 2.36. The van der Waals surface area contributed by atoms with Crippen molar-refractivity contribution in [3.8, 4) is 0 Å². The maximum atomic E-state index is 9.53. The minimum Gasteiger partial charge on any atom is -0.508 e. The van der Waals surface area contributed by atoms with Crippen LogP contribution in [0.4, 0.5) is 0 Å². The molecule has 2 heteroatoms. The van der Waals surface area contributed by atoms with Gasteiger partial charge < -0.3 is 10.0 Å². The summed E-state index contributed by atoms with van der Waals surface area (Å²) in [5, 5.41) is 9.53. The van der Waals surface area contributed by atoms with Gasteiger partial charge in [-0.25, -0.2) is 0 Å². The van der Waals surface area contributed by atoms with Crippen LogP contribution in [0.2, 0.25) is 0 Å². The van der Waals surface area contributed by atoms with E-state index < -0.39 is 0 Å². The summed E-state index contributed by atoms with van der Waals surface area (Å²) >= 11 is 0. The number of allylic oxidation sites excluding steroid dienone is 2. The third-order valence-corrected chi connectivity index (χ3v) is 3.63. The zero-order valence-corrected chi connectivity index (χ0v) is 8.40. The van der Waals surface area contributed by atoms with Gasteiger partial charge in [-0.05, 0) is 43.6 Å². The molecule has 3 aliphatic rings. The lowest BCUT2D eigenvalue weighted by Crippen LogP contribution is -2.31. The van der Waals surface area contributed by atoms with Crippen molar-refractivity contribution in [2.24, 2.45) is 5.92 Å². The summed E-state index contributed by atoms with van der Waals surface area (Å²) in [6.07, 6.45) is 8.35. The fourth-order valence-corrected chi connectivity index (χ4v) is 2.83. The summed E-state index contributed by atoms with van der Waals surface area (Å²) in [7, 11) is 0. The molecule has 2 atom stereocenters. The second-order valence-corrected chi connectivity index (χ2v) is 4.48. The van der Waals surface area contributed by atoms with Gasteiger partial charge in [0.25, 0.3) is 0 Å². The van der Waals surface area contributed by atoms with Gasteiger partial charge in [-0.1, -0.05) is 0 Å². The molecule has 2 heterocycles. The largest absolute Gasteiger partial charge is 0.508 e. The van der Waals surface area contributed by atoms with Crippen LogP contribution in [-0.4, -0.2) is 22.6 Å². The highest BCUT2D eigenvalue weighted by molar-refractivity contribution is 5.41. The lowest BCUT2D eigenvalue weighted by Gasteiger charge is -2.31. The zero-order valence-electron chi connectivity index (χ0n) is 8.40. The Kier molecular flexibility index (Phi) is 1.55. The molecule has 2 aliphatic heterocycles. The van der Waals surface area contributed by atoms with Crippen LogP contribution in [0.25, 0.3) is 0 Å². The zero-order chi connectivity index (χ0) is 9.71. The maximum Gasteiger partial charge on any atom is 0.112 e. The summed E-state index contributed by atoms with van der Waals surface area (Å²) in [4.78, 5) is 2.48. The van der Waals surface area contributed by atoms with Crippen molar-refractivity contribution in [1.82, 2.24) is 4.90 Å². The predicted octanol–water partition coefficient (Wildman–Crippen LogP) is 2.37. The van der Waals surface area contributed by atoms with Crippen molar-refractivity contribution >= 4 is 0 Å². The molecule has 3 rings (SSSR count). The SMILES string of the molecule is CC1CCC2=C3C=CC(O)=CC2CN31. The molecule has 14 heavy (non-hydrogen) atoms. The Morgan fingerprint density at radius 2 is 2.29 bits per heavy atom. The van der Waals surface area contributed by atoms with Crippen molar-refractivity contribution in [3.63, 3.8) is 0 Å². The Bertz CT molecular complexity index is 365. The van der Waals surface area contributed by atoms with Crippen LogP contribution in [0.1, 0.15) is 19.8 Å². The second-order valence-electron chi connectivity index (χ2n) is 4.48. The molecule has 2 unspecified atom stereocenters. The van der Waals surface area contributed by atoms with Crippen molar-refractivity contribution < 1.29 is 5.11 Å². The molecule has 0 fully saturated rings. The molecule has 1 aliphatic carbocycles. The van der Waals surface area contributed by atoms with E-state index in [-0.39, 0.29) is 0 Å². The Morgan fingerprint density at radius 3 is 3.14 bits per heavy atom. The van der Waals surface area contributed by atoms with E-state index in [2.05, 4.69) is 17.9 Å². The summed E-state index contributed by atoms with van der Waals surface area (Å²) in [5.74, 6) is 0.890. The summed E-state index contributed by atoms with van der Waals surface area (Å²) in [6, 6.07) is 0.664. The molecule has 74 valence electrons. The Balaban J connectivity index is 2.07. The van der Waals surface area contributed by atoms with E-state index in [0.29, 0.717) is 17.7 Å². The van der Waals surface area contributed by atoms with Gasteiger partial charge in [-0.2, -0.15) is 0 Å². The molecule has 0 spiro atoms. The second kappa shape index (κ2) is 2.66. The highest BCUT2D eigenvalue weighted by atomic mass is 16.3. The number of rotatable bonds is 0. The van der Waals surface area contributed by atoms with Gasteiger partial charge in [0.2, 0.25) is 0 Å². The van der Waals surface area contributed by atoms with Crippen LogP contribution in [0.3, 0.4) is 0 Å². The van der Waals surface area contributed by atoms with Crippen LogP contribution in [0.15, 0.2) is 35.3 Å². The molecule has 0 aromatic rings. The standard InChI is InChI=1S/C12H15NO/c1-8-2-4-11-9-6-10(14)3-5-12(11)13(8)7-9/h3,5-6,8-9,14H,2,4,7H2,1H3. The number of hydrogen-bond donors (Lipinski definition) is 1. The molecule has 0 radical (unpaired) electrons. The fourth-order valence-electron chi connectivity index (χ4n) is 2.83. The van der Waals surface area contributed by atoms with Crippen LogP contribution in [0, 0.1) is 5.92 Å². The molecular formula is C12H15NO. The molecule has 1 N–H and O–H groups in total. The van der Waals surface area contributed by atoms with E-state index in [1.54, 1.807) is 0 Å². The Labute approximate surface area is 84.2 Å². The van der Waals surface area contributed by atoms with Crippen LogP contribution in [0.5, 0.6) is 0 Å². The van der Waals surface area contributed by atoms with E-state index in [1.807, 2.05) is 12.2 Å². The summed E-state index contributed by atoms with van der Waals surface area (Å²) < 4.78 is 0. The van der Waals surface area contributed by atoms with E-state index in [0.717, 1.165) is 6.54 Å². The number of nitrogens with zero attached hydrogens (tertiary/aromatic N) is 1. The lowest BCUT2D eigenvalue weighted by molar-refractivity contribution is 0.274. The van der Waals surface area contributed by atoms with E-state index in [1.165, 1.54) is 24.1 Å². The number of aliphatic hydroxyl groups excluding tert-OH is 1. The van der Waals surface area contributed by atoms with Crippen molar-refractivity contribution in [2.45, 2.75) is 25.8 Å². The Hall–Kier alpha value is -1.18. The van der Waals surface area contributed by atoms with E-state index in [9.17, 15) is 5.11 Å². The Morgan fingerprint density at radius 1 is 1.43 bits per heavy atom. The van der Waals surface area contributed by atoms with E-state index in [4.69, 9.17) is 0 Å². The van der Waals surface area contributed by atoms with Crippen LogP contribution in [-0.2, 0) is 0 Å². The van der Waals surface area contributed by atoms with Gasteiger partial charge in [0.15, 0.2) is 0 Å². The molecule has 0 saturated heterocycles. The average Bonchev–Trinajstić information content (AvgIpc) is 2.29. The number of hydrogen-bond acceptors (Lipinski definition) is 2. The smallest absolute Gasteiger partial charge is 0.112 e. The van der Waals surface area contributed by atoms with Crippen molar-refractivity contribution in [3.05, 3.63) is 35.3 Å². The van der Waals surface area contributed by atoms with Gasteiger partial charge >= 0.3 is 0 Å². The highest BCUT2D eigenvalue weighted by Crippen LogP contribution is 2.41. The van der Waals surface area contributed by atoms with Gasteiger partial charge in [0, 0.05) is 24.2 Å². The molecule has 0 amide bonds. The number of aliphatic hydroxyl groups is 1. The molecule has 0 aromatic carbocycles. The molecule has 4 bridgehead atoms. The first-order chi connectivity index (χ1) is 6.75.